The first-order valence-electron chi connectivity index (χ1n) is 4.33. The van der Waals surface area contributed by atoms with Gasteiger partial charge in [0, 0.05) is 13.3 Å². The fourth-order valence-electron chi connectivity index (χ4n) is 1.35. The number of hydrogen-bond donors (Lipinski definition) is 1. The van der Waals surface area contributed by atoms with Crippen LogP contribution in [0.2, 0.25) is 0 Å². The second kappa shape index (κ2) is 4.09. The highest BCUT2D eigenvalue weighted by atomic mass is 16.5. The molecule has 0 saturated carbocycles. The minimum absolute atomic E-state index is 0.0837. The topological polar surface area (TPSA) is 63.6 Å². The van der Waals surface area contributed by atoms with Crippen LogP contribution < -0.4 is 0 Å². The predicted octanol–water partition coefficient (Wildman–Crippen LogP) is 1.48. The Morgan fingerprint density at radius 2 is 2.21 bits per heavy atom. The molecular weight excluding hydrogens is 184 g/mol. The molecule has 1 atom stereocenters. The number of hydrogen-bond acceptors (Lipinski definition) is 3. The molecule has 0 aliphatic heterocycles. The minimum Gasteiger partial charge on any atom is -0.478 e. The van der Waals surface area contributed by atoms with E-state index in [2.05, 4.69) is 0 Å². The molecule has 1 rings (SSSR count). The van der Waals surface area contributed by atoms with Crippen LogP contribution in [0.5, 0.6) is 0 Å². The van der Waals surface area contributed by atoms with E-state index < -0.39 is 11.9 Å². The molecule has 0 aromatic carbocycles. The number of carbonyl (C=O) groups is 2. The Labute approximate surface area is 81.9 Å². The highest BCUT2D eigenvalue weighted by Gasteiger charge is 2.17. The lowest BCUT2D eigenvalue weighted by atomic mass is 9.96. The molecule has 0 aromatic heterocycles. The fourth-order valence-corrected chi connectivity index (χ4v) is 1.35. The Morgan fingerprint density at radius 1 is 1.57 bits per heavy atom. The monoisotopic (exact) mass is 196 g/mol. The van der Waals surface area contributed by atoms with Gasteiger partial charge in [-0.1, -0.05) is 13.0 Å². The van der Waals surface area contributed by atoms with E-state index in [1.54, 1.807) is 6.08 Å². The van der Waals surface area contributed by atoms with E-state index >= 15 is 0 Å². The number of esters is 1. The zero-order valence-electron chi connectivity index (χ0n) is 8.11. The van der Waals surface area contributed by atoms with Crippen LogP contribution in [-0.4, -0.2) is 17.0 Å². The summed E-state index contributed by atoms with van der Waals surface area (Å²) in [5, 5.41) is 8.75. The van der Waals surface area contributed by atoms with E-state index in [9.17, 15) is 9.59 Å². The van der Waals surface area contributed by atoms with Gasteiger partial charge in [0.15, 0.2) is 0 Å². The number of carboxylic acid groups (broad SMARTS) is 1. The lowest BCUT2D eigenvalue weighted by Crippen LogP contribution is -2.11. The van der Waals surface area contributed by atoms with E-state index in [1.807, 2.05) is 6.92 Å². The second-order valence-electron chi connectivity index (χ2n) is 3.31. The summed E-state index contributed by atoms with van der Waals surface area (Å²) in [7, 11) is 0. The van der Waals surface area contributed by atoms with E-state index in [1.165, 1.54) is 13.0 Å². The van der Waals surface area contributed by atoms with Crippen LogP contribution in [0.15, 0.2) is 23.5 Å². The molecule has 0 radical (unpaired) electrons. The van der Waals surface area contributed by atoms with E-state index in [0.717, 1.165) is 0 Å². The zero-order chi connectivity index (χ0) is 10.7. The van der Waals surface area contributed by atoms with Crippen molar-refractivity contribution >= 4 is 11.9 Å². The van der Waals surface area contributed by atoms with Gasteiger partial charge in [-0.15, -0.1) is 0 Å². The standard InChI is InChI=1S/C10H12O4/c1-6-3-8(10(12)13)5-9(4-6)14-7(2)11/h3,5-6H,4H2,1-2H3,(H,12,13). The Morgan fingerprint density at radius 3 is 2.71 bits per heavy atom. The lowest BCUT2D eigenvalue weighted by molar-refractivity contribution is -0.137. The van der Waals surface area contributed by atoms with Gasteiger partial charge < -0.3 is 9.84 Å². The summed E-state index contributed by atoms with van der Waals surface area (Å²) < 4.78 is 4.86. The van der Waals surface area contributed by atoms with Crippen LogP contribution in [0.25, 0.3) is 0 Å². The molecule has 1 aliphatic carbocycles. The molecule has 14 heavy (non-hydrogen) atoms. The molecular formula is C10H12O4. The van der Waals surface area contributed by atoms with Gasteiger partial charge in [0.25, 0.3) is 0 Å². The van der Waals surface area contributed by atoms with Crippen LogP contribution in [0.3, 0.4) is 0 Å². The zero-order valence-corrected chi connectivity index (χ0v) is 8.11. The van der Waals surface area contributed by atoms with E-state index in [-0.39, 0.29) is 11.5 Å². The Balaban J connectivity index is 2.83. The van der Waals surface area contributed by atoms with Gasteiger partial charge in [0.05, 0.1) is 5.57 Å². The van der Waals surface area contributed by atoms with Gasteiger partial charge in [0.2, 0.25) is 0 Å². The maximum absolute atomic E-state index is 10.7. The number of carbonyl (C=O) groups excluding carboxylic acids is 1. The van der Waals surface area contributed by atoms with Crippen molar-refractivity contribution in [2.24, 2.45) is 5.92 Å². The quantitative estimate of drug-likeness (QED) is 0.679. The Kier molecular flexibility index (Phi) is 3.06. The van der Waals surface area contributed by atoms with Crippen molar-refractivity contribution in [2.75, 3.05) is 0 Å². The van der Waals surface area contributed by atoms with Crippen molar-refractivity contribution in [2.45, 2.75) is 20.3 Å². The molecule has 0 amide bonds. The molecule has 0 spiro atoms. The molecule has 4 heteroatoms. The van der Waals surface area contributed by atoms with Crippen LogP contribution in [0.4, 0.5) is 0 Å². The first-order valence-corrected chi connectivity index (χ1v) is 4.33. The summed E-state index contributed by atoms with van der Waals surface area (Å²) >= 11 is 0. The van der Waals surface area contributed by atoms with E-state index in [0.29, 0.717) is 12.2 Å². The normalized spacial score (nSPS) is 20.9. The third-order valence-corrected chi connectivity index (χ3v) is 1.83. The Hall–Kier alpha value is -1.58. The highest BCUT2D eigenvalue weighted by Crippen LogP contribution is 2.23. The number of carboxylic acids is 1. The molecule has 0 aromatic rings. The van der Waals surface area contributed by atoms with Crippen molar-refractivity contribution in [1.29, 1.82) is 0 Å². The molecule has 1 unspecified atom stereocenters. The molecule has 0 heterocycles. The fraction of sp³-hybridized carbons (Fsp3) is 0.400. The molecule has 4 nitrogen and oxygen atoms in total. The van der Waals surface area contributed by atoms with Crippen molar-refractivity contribution in [3.8, 4) is 0 Å². The summed E-state index contributed by atoms with van der Waals surface area (Å²) in [6, 6.07) is 0. The summed E-state index contributed by atoms with van der Waals surface area (Å²) in [4.78, 5) is 21.3. The summed E-state index contributed by atoms with van der Waals surface area (Å²) in [6.45, 7) is 3.17. The summed E-state index contributed by atoms with van der Waals surface area (Å²) in [5.74, 6) is -0.915. The minimum atomic E-state index is -0.999. The summed E-state index contributed by atoms with van der Waals surface area (Å²) in [5.41, 5.74) is 0.181. The number of aliphatic carboxylic acids is 1. The molecule has 76 valence electrons. The van der Waals surface area contributed by atoms with Crippen LogP contribution >= 0.6 is 0 Å². The van der Waals surface area contributed by atoms with Gasteiger partial charge in [-0.3, -0.25) is 4.79 Å². The first-order chi connectivity index (χ1) is 6.49. The van der Waals surface area contributed by atoms with Gasteiger partial charge in [0.1, 0.15) is 5.76 Å². The average Bonchev–Trinajstić information content (AvgIpc) is 2.01. The average molecular weight is 196 g/mol. The van der Waals surface area contributed by atoms with Gasteiger partial charge in [-0.25, -0.2) is 4.79 Å². The van der Waals surface area contributed by atoms with Crippen molar-refractivity contribution in [1.82, 2.24) is 0 Å². The molecule has 1 N–H and O–H groups in total. The number of rotatable bonds is 2. The smallest absolute Gasteiger partial charge is 0.335 e. The maximum Gasteiger partial charge on any atom is 0.335 e. The highest BCUT2D eigenvalue weighted by molar-refractivity contribution is 5.90. The van der Waals surface area contributed by atoms with Crippen molar-refractivity contribution < 1.29 is 19.4 Å². The van der Waals surface area contributed by atoms with Crippen molar-refractivity contribution in [3.05, 3.63) is 23.5 Å². The molecule has 0 fully saturated rings. The van der Waals surface area contributed by atoms with E-state index in [4.69, 9.17) is 9.84 Å². The van der Waals surface area contributed by atoms with Crippen LogP contribution in [-0.2, 0) is 14.3 Å². The maximum atomic E-state index is 10.7. The molecule has 1 aliphatic rings. The van der Waals surface area contributed by atoms with Gasteiger partial charge in [-0.2, -0.15) is 0 Å². The summed E-state index contributed by atoms with van der Waals surface area (Å²) in [6.07, 6.45) is 3.61. The van der Waals surface area contributed by atoms with Gasteiger partial charge >= 0.3 is 11.9 Å². The third-order valence-electron chi connectivity index (χ3n) is 1.83. The molecule has 0 saturated heterocycles. The third kappa shape index (κ3) is 2.73. The number of ether oxygens (including phenoxy) is 1. The second-order valence-corrected chi connectivity index (χ2v) is 3.31. The number of allylic oxidation sites excluding steroid dienone is 2. The Bertz CT molecular complexity index is 325. The largest absolute Gasteiger partial charge is 0.478 e. The predicted molar refractivity (Wildman–Crippen MR) is 49.3 cm³/mol. The van der Waals surface area contributed by atoms with Crippen molar-refractivity contribution in [3.63, 3.8) is 0 Å². The van der Waals surface area contributed by atoms with Gasteiger partial charge in [-0.05, 0) is 12.0 Å². The van der Waals surface area contributed by atoms with Crippen LogP contribution in [0.1, 0.15) is 20.3 Å². The van der Waals surface area contributed by atoms with Crippen LogP contribution in [0, 0.1) is 5.92 Å². The lowest BCUT2D eigenvalue weighted by Gasteiger charge is -2.15. The molecule has 0 bridgehead atoms. The first kappa shape index (κ1) is 10.5. The SMILES string of the molecule is CC(=O)OC1=CC(C(=O)O)=CC(C)C1.